The summed E-state index contributed by atoms with van der Waals surface area (Å²) in [6, 6.07) is 1.99. The van der Waals surface area contributed by atoms with E-state index in [9.17, 15) is 0 Å². The van der Waals surface area contributed by atoms with Gasteiger partial charge in [-0.15, -0.1) is 0 Å². The summed E-state index contributed by atoms with van der Waals surface area (Å²) >= 11 is 0. The summed E-state index contributed by atoms with van der Waals surface area (Å²) in [5.74, 6) is 1.50. The van der Waals surface area contributed by atoms with Crippen molar-refractivity contribution in [1.29, 1.82) is 0 Å². The highest BCUT2D eigenvalue weighted by Gasteiger charge is 2.26. The van der Waals surface area contributed by atoms with Gasteiger partial charge in [0.25, 0.3) is 0 Å². The van der Waals surface area contributed by atoms with Crippen LogP contribution in [-0.2, 0) is 4.74 Å². The maximum Gasteiger partial charge on any atom is 0.126 e. The maximum atomic E-state index is 5.74. The summed E-state index contributed by atoms with van der Waals surface area (Å²) in [4.78, 5) is 4.27. The van der Waals surface area contributed by atoms with Crippen LogP contribution in [-0.4, -0.2) is 24.2 Å². The third kappa shape index (κ3) is 2.88. The smallest absolute Gasteiger partial charge is 0.126 e. The molecule has 1 aliphatic rings. The molecule has 2 atom stereocenters. The molecule has 0 bridgehead atoms. The van der Waals surface area contributed by atoms with Gasteiger partial charge in [-0.25, -0.2) is 4.98 Å². The number of aromatic nitrogens is 1. The summed E-state index contributed by atoms with van der Waals surface area (Å²) in [5.41, 5.74) is 7.55. The van der Waals surface area contributed by atoms with Crippen molar-refractivity contribution in [3.8, 4) is 0 Å². The minimum absolute atomic E-state index is 0.400. The van der Waals surface area contributed by atoms with Gasteiger partial charge in [-0.3, -0.25) is 0 Å². The third-order valence-electron chi connectivity index (χ3n) is 3.45. The second kappa shape index (κ2) is 5.36. The Hall–Kier alpha value is -1.29. The van der Waals surface area contributed by atoms with E-state index in [-0.39, 0.29) is 0 Å². The number of nitrogen functional groups attached to an aromatic ring is 1. The molecular formula is C13H21N3O. The molecule has 1 fully saturated rings. The molecule has 0 saturated carbocycles. The minimum atomic E-state index is 0.400. The fourth-order valence-electron chi connectivity index (χ4n) is 2.28. The molecule has 4 heteroatoms. The lowest BCUT2D eigenvalue weighted by Crippen LogP contribution is -2.23. The van der Waals surface area contributed by atoms with Crippen LogP contribution in [0.4, 0.5) is 11.5 Å². The molecule has 2 rings (SSSR count). The number of anilines is 2. The molecule has 1 aromatic rings. The van der Waals surface area contributed by atoms with Crippen LogP contribution in [0, 0.1) is 12.8 Å². The van der Waals surface area contributed by atoms with Gasteiger partial charge >= 0.3 is 0 Å². The monoisotopic (exact) mass is 235 g/mol. The number of nitrogens with one attached hydrogen (secondary N) is 1. The number of hydrogen-bond donors (Lipinski definition) is 2. The van der Waals surface area contributed by atoms with Crippen molar-refractivity contribution in [3.05, 3.63) is 17.8 Å². The fraction of sp³-hybridized carbons (Fsp3) is 0.615. The van der Waals surface area contributed by atoms with Crippen molar-refractivity contribution < 1.29 is 4.74 Å². The van der Waals surface area contributed by atoms with E-state index in [4.69, 9.17) is 10.5 Å². The lowest BCUT2D eigenvalue weighted by atomic mass is 10.00. The second-order valence-electron chi connectivity index (χ2n) is 4.67. The van der Waals surface area contributed by atoms with Gasteiger partial charge in [-0.2, -0.15) is 0 Å². The topological polar surface area (TPSA) is 60.2 Å². The summed E-state index contributed by atoms with van der Waals surface area (Å²) in [6.07, 6.45) is 4.33. The molecule has 94 valence electrons. The quantitative estimate of drug-likeness (QED) is 0.840. The zero-order valence-corrected chi connectivity index (χ0v) is 10.6. The molecule has 1 aliphatic heterocycles. The number of rotatable bonds is 4. The number of hydrogen-bond acceptors (Lipinski definition) is 4. The Kier molecular flexibility index (Phi) is 3.84. The number of pyridine rings is 1. The Labute approximate surface area is 103 Å². The van der Waals surface area contributed by atoms with E-state index in [0.717, 1.165) is 43.1 Å². The van der Waals surface area contributed by atoms with Gasteiger partial charge in [0.1, 0.15) is 5.82 Å². The molecule has 1 aromatic heterocycles. The first kappa shape index (κ1) is 12.2. The van der Waals surface area contributed by atoms with Gasteiger partial charge in [0, 0.05) is 19.1 Å². The van der Waals surface area contributed by atoms with Gasteiger partial charge in [0.05, 0.1) is 18.0 Å². The summed E-state index contributed by atoms with van der Waals surface area (Å²) in [5, 5.41) is 3.37. The van der Waals surface area contributed by atoms with Gasteiger partial charge in [-0.1, -0.05) is 6.92 Å². The number of nitrogens with two attached hydrogens (primary N) is 1. The zero-order chi connectivity index (χ0) is 12.3. The molecule has 0 spiro atoms. The van der Waals surface area contributed by atoms with E-state index in [0.29, 0.717) is 12.0 Å². The Balaban J connectivity index is 1.91. The van der Waals surface area contributed by atoms with Crippen molar-refractivity contribution in [2.45, 2.75) is 32.8 Å². The van der Waals surface area contributed by atoms with Crippen molar-refractivity contribution in [2.24, 2.45) is 5.92 Å². The zero-order valence-electron chi connectivity index (χ0n) is 10.6. The molecular weight excluding hydrogens is 214 g/mol. The van der Waals surface area contributed by atoms with Crippen molar-refractivity contribution in [1.82, 2.24) is 4.98 Å². The molecule has 17 heavy (non-hydrogen) atoms. The summed E-state index contributed by atoms with van der Waals surface area (Å²) in [6.45, 7) is 5.98. The Bertz CT molecular complexity index is 381. The average molecular weight is 235 g/mol. The number of aryl methyl sites for hydroxylation is 1. The van der Waals surface area contributed by atoms with E-state index >= 15 is 0 Å². The third-order valence-corrected chi connectivity index (χ3v) is 3.45. The van der Waals surface area contributed by atoms with Crippen LogP contribution in [0.1, 0.15) is 25.3 Å². The van der Waals surface area contributed by atoms with Gasteiger partial charge in [0.15, 0.2) is 0 Å². The van der Waals surface area contributed by atoms with Gasteiger partial charge < -0.3 is 15.8 Å². The predicted molar refractivity (Wildman–Crippen MR) is 70.0 cm³/mol. The van der Waals surface area contributed by atoms with Crippen LogP contribution in [0.3, 0.4) is 0 Å². The number of nitrogens with zero attached hydrogens (tertiary/aromatic N) is 1. The maximum absolute atomic E-state index is 5.74. The summed E-state index contributed by atoms with van der Waals surface area (Å²) in [7, 11) is 0. The highest BCUT2D eigenvalue weighted by Crippen LogP contribution is 2.23. The minimum Gasteiger partial charge on any atom is -0.397 e. The first-order chi connectivity index (χ1) is 8.20. The van der Waals surface area contributed by atoms with Crippen LogP contribution < -0.4 is 11.1 Å². The second-order valence-corrected chi connectivity index (χ2v) is 4.67. The van der Waals surface area contributed by atoms with Crippen LogP contribution in [0.5, 0.6) is 0 Å². The number of ether oxygens (including phenoxy) is 1. The normalized spacial score (nSPS) is 23.9. The van der Waals surface area contributed by atoms with Crippen LogP contribution in [0.2, 0.25) is 0 Å². The van der Waals surface area contributed by atoms with Gasteiger partial charge in [0.2, 0.25) is 0 Å². The predicted octanol–water partition coefficient (Wildman–Crippen LogP) is 2.20. The molecule has 3 N–H and O–H groups in total. The van der Waals surface area contributed by atoms with E-state index in [2.05, 4.69) is 17.2 Å². The van der Waals surface area contributed by atoms with E-state index in [1.54, 1.807) is 6.20 Å². The molecule has 0 radical (unpaired) electrons. The Morgan fingerprint density at radius 1 is 1.59 bits per heavy atom. The summed E-state index contributed by atoms with van der Waals surface area (Å²) < 4.78 is 5.67. The first-order valence-corrected chi connectivity index (χ1v) is 6.28. The fourth-order valence-corrected chi connectivity index (χ4v) is 2.28. The van der Waals surface area contributed by atoms with Crippen LogP contribution >= 0.6 is 0 Å². The average Bonchev–Trinajstić information content (AvgIpc) is 2.78. The van der Waals surface area contributed by atoms with E-state index in [1.807, 2.05) is 13.0 Å². The van der Waals surface area contributed by atoms with Gasteiger partial charge in [-0.05, 0) is 31.4 Å². The highest BCUT2D eigenvalue weighted by molar-refractivity contribution is 5.50. The Morgan fingerprint density at radius 2 is 2.41 bits per heavy atom. The molecule has 2 unspecified atom stereocenters. The molecule has 2 heterocycles. The molecule has 0 aromatic carbocycles. The van der Waals surface area contributed by atoms with Crippen molar-refractivity contribution in [3.63, 3.8) is 0 Å². The van der Waals surface area contributed by atoms with Crippen LogP contribution in [0.15, 0.2) is 12.3 Å². The standard InChI is InChI=1S/C13H21N3O/c1-3-12-10(4-5-17-12)7-15-13-6-9(2)11(14)8-16-13/h6,8,10,12H,3-5,7,14H2,1-2H3,(H,15,16). The molecule has 1 saturated heterocycles. The van der Waals surface area contributed by atoms with Crippen LogP contribution in [0.25, 0.3) is 0 Å². The largest absolute Gasteiger partial charge is 0.397 e. The first-order valence-electron chi connectivity index (χ1n) is 6.28. The Morgan fingerprint density at radius 3 is 3.12 bits per heavy atom. The SMILES string of the molecule is CCC1OCCC1CNc1cc(C)c(N)cn1. The van der Waals surface area contributed by atoms with E-state index < -0.39 is 0 Å². The highest BCUT2D eigenvalue weighted by atomic mass is 16.5. The molecule has 0 aliphatic carbocycles. The van der Waals surface area contributed by atoms with Crippen molar-refractivity contribution in [2.75, 3.05) is 24.2 Å². The lowest BCUT2D eigenvalue weighted by molar-refractivity contribution is 0.0900. The van der Waals surface area contributed by atoms with Crippen molar-refractivity contribution >= 4 is 11.5 Å². The molecule has 4 nitrogen and oxygen atoms in total. The molecule has 0 amide bonds. The van der Waals surface area contributed by atoms with E-state index in [1.165, 1.54) is 0 Å². The lowest BCUT2D eigenvalue weighted by Gasteiger charge is -2.17.